The van der Waals surface area contributed by atoms with Gasteiger partial charge in [-0.3, -0.25) is 0 Å². The second-order valence-corrected chi connectivity index (χ2v) is 4.43. The Hall–Kier alpha value is -1.80. The average Bonchev–Trinajstić information content (AvgIpc) is 2.43. The first-order valence-electron chi connectivity index (χ1n) is 6.92. The van der Waals surface area contributed by atoms with Crippen molar-refractivity contribution in [3.63, 3.8) is 0 Å². The molecule has 0 aliphatic rings. The van der Waals surface area contributed by atoms with Gasteiger partial charge in [0.25, 0.3) is 0 Å². The highest BCUT2D eigenvalue weighted by Crippen LogP contribution is 2.02. The fourth-order valence-electron chi connectivity index (χ4n) is 1.44. The number of carbonyl (C=O) groups excluding carboxylic acids is 1. The van der Waals surface area contributed by atoms with Crippen molar-refractivity contribution < 1.29 is 14.6 Å². The zero-order valence-corrected chi connectivity index (χ0v) is 12.3. The summed E-state index contributed by atoms with van der Waals surface area (Å²) < 4.78 is 5.03. The lowest BCUT2D eigenvalue weighted by Gasteiger charge is -2.10. The second-order valence-electron chi connectivity index (χ2n) is 4.43. The third kappa shape index (κ3) is 9.17. The summed E-state index contributed by atoms with van der Waals surface area (Å²) in [5.74, 6) is -0.585. The minimum Gasteiger partial charge on any atom is -0.462 e. The van der Waals surface area contributed by atoms with Crippen LogP contribution in [0.4, 0.5) is 0 Å². The van der Waals surface area contributed by atoms with Gasteiger partial charge in [0.05, 0.1) is 13.2 Å². The van der Waals surface area contributed by atoms with Crippen LogP contribution in [-0.2, 0) is 9.53 Å². The smallest absolute Gasteiger partial charge is 0.348 e. The molecule has 0 atom stereocenters. The summed E-state index contributed by atoms with van der Waals surface area (Å²) in [7, 11) is 1.79. The van der Waals surface area contributed by atoms with E-state index in [1.807, 2.05) is 6.07 Å². The lowest BCUT2D eigenvalue weighted by atomic mass is 10.2. The molecule has 0 heterocycles. The number of aliphatic hydroxyl groups is 1. The molecule has 0 aromatic rings. The SMILES string of the molecule is CCCCCCOC(=O)/C(C#N)=C/C=C/N(C)CCO. The summed E-state index contributed by atoms with van der Waals surface area (Å²) in [6.45, 7) is 3.01. The molecule has 112 valence electrons. The Morgan fingerprint density at radius 3 is 2.75 bits per heavy atom. The number of carbonyl (C=O) groups is 1. The van der Waals surface area contributed by atoms with E-state index in [0.29, 0.717) is 13.2 Å². The van der Waals surface area contributed by atoms with Crippen LogP contribution in [0.15, 0.2) is 23.9 Å². The molecular formula is C15H24N2O3. The number of nitriles is 1. The van der Waals surface area contributed by atoms with Crippen LogP contribution in [0.25, 0.3) is 0 Å². The van der Waals surface area contributed by atoms with Crippen molar-refractivity contribution in [2.45, 2.75) is 32.6 Å². The highest BCUT2D eigenvalue weighted by Gasteiger charge is 2.08. The maximum Gasteiger partial charge on any atom is 0.348 e. The standard InChI is InChI=1S/C15H24N2O3/c1-3-4-5-6-12-20-15(19)14(13-16)8-7-9-17(2)10-11-18/h7-9,18H,3-6,10-12H2,1-2H3/b9-7+,14-8+. The van der Waals surface area contributed by atoms with E-state index < -0.39 is 5.97 Å². The van der Waals surface area contributed by atoms with Crippen molar-refractivity contribution in [3.8, 4) is 6.07 Å². The number of rotatable bonds is 10. The molecule has 0 fully saturated rings. The number of hydrogen-bond acceptors (Lipinski definition) is 5. The molecule has 0 amide bonds. The van der Waals surface area contributed by atoms with Gasteiger partial charge < -0.3 is 14.7 Å². The Labute approximate surface area is 121 Å². The van der Waals surface area contributed by atoms with E-state index >= 15 is 0 Å². The van der Waals surface area contributed by atoms with Gasteiger partial charge in [-0.1, -0.05) is 26.2 Å². The zero-order chi connectivity index (χ0) is 15.2. The van der Waals surface area contributed by atoms with Crippen molar-refractivity contribution in [2.24, 2.45) is 0 Å². The molecule has 0 rings (SSSR count). The molecule has 0 saturated carbocycles. The van der Waals surface area contributed by atoms with Crippen LogP contribution in [0.1, 0.15) is 32.6 Å². The first-order chi connectivity index (χ1) is 9.65. The fourth-order valence-corrected chi connectivity index (χ4v) is 1.44. The van der Waals surface area contributed by atoms with E-state index in [9.17, 15) is 4.79 Å². The molecule has 0 bridgehead atoms. The quantitative estimate of drug-likeness (QED) is 0.218. The minimum absolute atomic E-state index is 0.0193. The lowest BCUT2D eigenvalue weighted by Crippen LogP contribution is -2.15. The maximum absolute atomic E-state index is 11.6. The van der Waals surface area contributed by atoms with Crippen LogP contribution in [0.5, 0.6) is 0 Å². The largest absolute Gasteiger partial charge is 0.462 e. The summed E-state index contributed by atoms with van der Waals surface area (Å²) in [6, 6.07) is 1.83. The van der Waals surface area contributed by atoms with Gasteiger partial charge in [-0.2, -0.15) is 5.26 Å². The Bertz CT molecular complexity index is 370. The van der Waals surface area contributed by atoms with Crippen molar-refractivity contribution in [2.75, 3.05) is 26.8 Å². The molecule has 0 unspecified atom stereocenters. The molecule has 5 nitrogen and oxygen atoms in total. The summed E-state index contributed by atoms with van der Waals surface area (Å²) in [5.41, 5.74) is -0.0193. The molecule has 0 saturated heterocycles. The van der Waals surface area contributed by atoms with E-state index in [1.54, 1.807) is 24.2 Å². The van der Waals surface area contributed by atoms with E-state index in [1.165, 1.54) is 6.08 Å². The van der Waals surface area contributed by atoms with Crippen LogP contribution >= 0.6 is 0 Å². The van der Waals surface area contributed by atoms with Crippen molar-refractivity contribution >= 4 is 5.97 Å². The number of ether oxygens (including phenoxy) is 1. The predicted molar refractivity (Wildman–Crippen MR) is 77.7 cm³/mol. The van der Waals surface area contributed by atoms with Gasteiger partial charge >= 0.3 is 5.97 Å². The highest BCUT2D eigenvalue weighted by atomic mass is 16.5. The van der Waals surface area contributed by atoms with E-state index in [4.69, 9.17) is 15.1 Å². The van der Waals surface area contributed by atoms with Crippen LogP contribution < -0.4 is 0 Å². The molecular weight excluding hydrogens is 256 g/mol. The van der Waals surface area contributed by atoms with Gasteiger partial charge in [0.1, 0.15) is 11.6 Å². The van der Waals surface area contributed by atoms with Crippen molar-refractivity contribution in [3.05, 3.63) is 23.9 Å². The number of aliphatic hydroxyl groups excluding tert-OH is 1. The monoisotopic (exact) mass is 280 g/mol. The number of unbranched alkanes of at least 4 members (excludes halogenated alkanes) is 3. The van der Waals surface area contributed by atoms with Crippen molar-refractivity contribution in [1.29, 1.82) is 5.26 Å². The summed E-state index contributed by atoms with van der Waals surface area (Å²) >= 11 is 0. The Balaban J connectivity index is 4.17. The normalized spacial score (nSPS) is 11.4. The van der Waals surface area contributed by atoms with Gasteiger partial charge in [-0.05, 0) is 24.8 Å². The highest BCUT2D eigenvalue weighted by molar-refractivity contribution is 5.93. The molecule has 5 heteroatoms. The summed E-state index contributed by atoms with van der Waals surface area (Å²) in [4.78, 5) is 13.4. The molecule has 0 aliphatic carbocycles. The topological polar surface area (TPSA) is 73.6 Å². The Morgan fingerprint density at radius 1 is 1.40 bits per heavy atom. The van der Waals surface area contributed by atoms with Crippen LogP contribution in [0, 0.1) is 11.3 Å². The molecule has 0 aliphatic heterocycles. The Morgan fingerprint density at radius 2 is 2.15 bits per heavy atom. The summed E-state index contributed by atoms with van der Waals surface area (Å²) in [5, 5.41) is 17.6. The minimum atomic E-state index is -0.585. The first-order valence-corrected chi connectivity index (χ1v) is 6.92. The number of nitrogens with zero attached hydrogens (tertiary/aromatic N) is 2. The molecule has 0 aromatic carbocycles. The van der Waals surface area contributed by atoms with E-state index in [0.717, 1.165) is 25.7 Å². The Kier molecular flexibility index (Phi) is 11.1. The van der Waals surface area contributed by atoms with E-state index in [-0.39, 0.29) is 12.2 Å². The summed E-state index contributed by atoms with van der Waals surface area (Å²) in [6.07, 6.45) is 8.80. The first kappa shape index (κ1) is 18.2. The number of esters is 1. The maximum atomic E-state index is 11.6. The number of likely N-dealkylation sites (N-methyl/N-ethyl adjacent to an activating group) is 1. The molecule has 0 radical (unpaired) electrons. The third-order valence-corrected chi connectivity index (χ3v) is 2.63. The zero-order valence-electron chi connectivity index (χ0n) is 12.3. The molecule has 1 N–H and O–H groups in total. The van der Waals surface area contributed by atoms with Crippen LogP contribution in [-0.4, -0.2) is 42.8 Å². The third-order valence-electron chi connectivity index (χ3n) is 2.63. The van der Waals surface area contributed by atoms with E-state index in [2.05, 4.69) is 6.92 Å². The number of allylic oxidation sites excluding steroid dienone is 2. The van der Waals surface area contributed by atoms with Gasteiger partial charge in [0.2, 0.25) is 0 Å². The molecule has 0 aromatic heterocycles. The second kappa shape index (κ2) is 12.2. The lowest BCUT2D eigenvalue weighted by molar-refractivity contribution is -0.138. The van der Waals surface area contributed by atoms with Crippen molar-refractivity contribution in [1.82, 2.24) is 4.90 Å². The van der Waals surface area contributed by atoms with Gasteiger partial charge in [-0.15, -0.1) is 0 Å². The van der Waals surface area contributed by atoms with Crippen LogP contribution in [0.2, 0.25) is 0 Å². The van der Waals surface area contributed by atoms with Crippen LogP contribution in [0.3, 0.4) is 0 Å². The fraction of sp³-hybridized carbons (Fsp3) is 0.600. The number of hydrogen-bond donors (Lipinski definition) is 1. The average molecular weight is 280 g/mol. The predicted octanol–water partition coefficient (Wildman–Crippen LogP) is 2.00. The van der Waals surface area contributed by atoms with Gasteiger partial charge in [0, 0.05) is 13.6 Å². The molecule has 20 heavy (non-hydrogen) atoms. The van der Waals surface area contributed by atoms with Gasteiger partial charge in [-0.25, -0.2) is 4.79 Å². The molecule has 0 spiro atoms. The van der Waals surface area contributed by atoms with Gasteiger partial charge in [0.15, 0.2) is 0 Å².